The molecule has 0 fully saturated rings. The minimum atomic E-state index is -0.768. The molecule has 0 rings (SSSR count). The Labute approximate surface area is 128 Å². The Morgan fingerprint density at radius 1 is 1.24 bits per heavy atom. The van der Waals surface area contributed by atoms with Crippen molar-refractivity contribution >= 4 is 11.9 Å². The van der Waals surface area contributed by atoms with Crippen LogP contribution in [-0.4, -0.2) is 35.7 Å². The lowest BCUT2D eigenvalue weighted by Gasteiger charge is -2.27. The minimum Gasteiger partial charge on any atom is -0.481 e. The lowest BCUT2D eigenvalue weighted by molar-refractivity contribution is -0.146. The zero-order valence-electron chi connectivity index (χ0n) is 13.9. The molecule has 0 radical (unpaired) electrons. The van der Waals surface area contributed by atoms with Crippen molar-refractivity contribution in [2.24, 2.45) is 5.92 Å². The van der Waals surface area contributed by atoms with Gasteiger partial charge in [-0.25, -0.2) is 0 Å². The highest BCUT2D eigenvalue weighted by atomic mass is 16.5. The Kier molecular flexibility index (Phi) is 10.0. The molecular weight excluding hydrogens is 270 g/mol. The largest absolute Gasteiger partial charge is 0.481 e. The van der Waals surface area contributed by atoms with Crippen LogP contribution in [0.2, 0.25) is 0 Å². The number of amides is 1. The molecule has 0 aromatic carbocycles. The van der Waals surface area contributed by atoms with Crippen LogP contribution < -0.4 is 5.32 Å². The molecule has 0 bridgehead atoms. The van der Waals surface area contributed by atoms with Gasteiger partial charge in [0, 0.05) is 19.6 Å². The molecule has 0 aromatic heterocycles. The Bertz CT molecular complexity index is 317. The fraction of sp³-hybridized carbons (Fsp3) is 0.875. The number of unbranched alkanes of at least 4 members (excludes halogenated alkanes) is 2. The van der Waals surface area contributed by atoms with E-state index in [2.05, 4.69) is 19.2 Å². The molecule has 5 heteroatoms. The molecule has 0 saturated heterocycles. The molecule has 0 aliphatic heterocycles. The van der Waals surface area contributed by atoms with Crippen molar-refractivity contribution in [3.63, 3.8) is 0 Å². The summed E-state index contributed by atoms with van der Waals surface area (Å²) in [4.78, 5) is 22.6. The van der Waals surface area contributed by atoms with E-state index >= 15 is 0 Å². The standard InChI is InChI=1S/C16H31NO4/c1-5-16(4,21-12-10-13(2)3)15(20)17-11-8-6-7-9-14(18)19/h13H,5-12H2,1-4H3,(H,17,20)(H,18,19). The number of carbonyl (C=O) groups excluding carboxylic acids is 1. The Morgan fingerprint density at radius 2 is 1.90 bits per heavy atom. The summed E-state index contributed by atoms with van der Waals surface area (Å²) < 4.78 is 5.77. The lowest BCUT2D eigenvalue weighted by atomic mass is 10.0. The zero-order valence-corrected chi connectivity index (χ0v) is 13.9. The van der Waals surface area contributed by atoms with Gasteiger partial charge in [0.1, 0.15) is 5.60 Å². The maximum atomic E-state index is 12.2. The SMILES string of the molecule is CCC(C)(OCCC(C)C)C(=O)NCCCCCC(=O)O. The number of carbonyl (C=O) groups is 2. The second kappa shape index (κ2) is 10.6. The van der Waals surface area contributed by atoms with Crippen LogP contribution in [0.5, 0.6) is 0 Å². The Hall–Kier alpha value is -1.10. The van der Waals surface area contributed by atoms with Crippen LogP contribution in [0.1, 0.15) is 66.2 Å². The number of nitrogens with one attached hydrogen (secondary N) is 1. The smallest absolute Gasteiger partial charge is 0.303 e. The fourth-order valence-corrected chi connectivity index (χ4v) is 1.81. The van der Waals surface area contributed by atoms with E-state index in [1.165, 1.54) is 0 Å². The summed E-state index contributed by atoms with van der Waals surface area (Å²) in [7, 11) is 0. The van der Waals surface area contributed by atoms with Crippen LogP contribution in [0, 0.1) is 5.92 Å². The number of hydrogen-bond acceptors (Lipinski definition) is 3. The van der Waals surface area contributed by atoms with Gasteiger partial charge in [-0.15, -0.1) is 0 Å². The molecule has 124 valence electrons. The van der Waals surface area contributed by atoms with Crippen molar-refractivity contribution in [1.82, 2.24) is 5.32 Å². The van der Waals surface area contributed by atoms with Gasteiger partial charge in [-0.1, -0.05) is 27.2 Å². The normalized spacial score (nSPS) is 14.0. The molecule has 0 aromatic rings. The molecule has 21 heavy (non-hydrogen) atoms. The van der Waals surface area contributed by atoms with Gasteiger partial charge < -0.3 is 15.2 Å². The Morgan fingerprint density at radius 3 is 2.43 bits per heavy atom. The van der Waals surface area contributed by atoms with Crippen molar-refractivity contribution in [2.75, 3.05) is 13.2 Å². The summed E-state index contributed by atoms with van der Waals surface area (Å²) in [6.45, 7) is 9.19. The van der Waals surface area contributed by atoms with Gasteiger partial charge in [0.25, 0.3) is 5.91 Å². The predicted molar refractivity (Wildman–Crippen MR) is 83.2 cm³/mol. The van der Waals surface area contributed by atoms with Crippen LogP contribution >= 0.6 is 0 Å². The highest BCUT2D eigenvalue weighted by Crippen LogP contribution is 2.17. The third kappa shape index (κ3) is 9.45. The van der Waals surface area contributed by atoms with Crippen LogP contribution in [0.15, 0.2) is 0 Å². The molecule has 1 atom stereocenters. The van der Waals surface area contributed by atoms with Gasteiger partial charge in [-0.3, -0.25) is 9.59 Å². The fourth-order valence-electron chi connectivity index (χ4n) is 1.81. The summed E-state index contributed by atoms with van der Waals surface area (Å²) in [5, 5.41) is 11.4. The average molecular weight is 301 g/mol. The number of aliphatic carboxylic acids is 1. The van der Waals surface area contributed by atoms with E-state index in [4.69, 9.17) is 9.84 Å². The number of rotatable bonds is 12. The number of carboxylic acid groups (broad SMARTS) is 1. The molecule has 0 saturated carbocycles. The van der Waals surface area contributed by atoms with Crippen molar-refractivity contribution in [1.29, 1.82) is 0 Å². The first-order valence-corrected chi connectivity index (χ1v) is 7.96. The molecule has 0 heterocycles. The van der Waals surface area contributed by atoms with E-state index in [-0.39, 0.29) is 12.3 Å². The van der Waals surface area contributed by atoms with Gasteiger partial charge in [-0.2, -0.15) is 0 Å². The minimum absolute atomic E-state index is 0.0769. The van der Waals surface area contributed by atoms with Gasteiger partial charge >= 0.3 is 5.97 Å². The average Bonchev–Trinajstić information content (AvgIpc) is 2.41. The summed E-state index contributed by atoms with van der Waals surface area (Å²) in [6.07, 6.45) is 4.03. The molecule has 0 aliphatic rings. The molecule has 1 amide bonds. The van der Waals surface area contributed by atoms with Crippen molar-refractivity contribution in [3.8, 4) is 0 Å². The van der Waals surface area contributed by atoms with E-state index in [0.29, 0.717) is 31.9 Å². The second-order valence-corrected chi connectivity index (χ2v) is 6.08. The molecular formula is C16H31NO4. The molecule has 5 nitrogen and oxygen atoms in total. The molecule has 2 N–H and O–H groups in total. The maximum absolute atomic E-state index is 12.2. The maximum Gasteiger partial charge on any atom is 0.303 e. The van der Waals surface area contributed by atoms with Crippen LogP contribution in [-0.2, 0) is 14.3 Å². The first kappa shape index (κ1) is 19.9. The number of hydrogen-bond donors (Lipinski definition) is 2. The van der Waals surface area contributed by atoms with Crippen LogP contribution in [0.4, 0.5) is 0 Å². The van der Waals surface area contributed by atoms with E-state index in [0.717, 1.165) is 19.3 Å². The van der Waals surface area contributed by atoms with E-state index < -0.39 is 11.6 Å². The predicted octanol–water partition coefficient (Wildman–Crippen LogP) is 2.98. The Balaban J connectivity index is 3.94. The van der Waals surface area contributed by atoms with Crippen molar-refractivity contribution in [3.05, 3.63) is 0 Å². The molecule has 0 aliphatic carbocycles. The van der Waals surface area contributed by atoms with Crippen molar-refractivity contribution in [2.45, 2.75) is 71.8 Å². The summed E-state index contributed by atoms with van der Waals surface area (Å²) in [5.74, 6) is -0.286. The van der Waals surface area contributed by atoms with Gasteiger partial charge in [0.05, 0.1) is 0 Å². The number of carboxylic acids is 1. The van der Waals surface area contributed by atoms with Gasteiger partial charge in [-0.05, 0) is 38.5 Å². The third-order valence-corrected chi connectivity index (χ3v) is 3.62. The van der Waals surface area contributed by atoms with E-state index in [9.17, 15) is 9.59 Å². The first-order chi connectivity index (χ1) is 9.81. The monoisotopic (exact) mass is 301 g/mol. The third-order valence-electron chi connectivity index (χ3n) is 3.62. The number of ether oxygens (including phenoxy) is 1. The second-order valence-electron chi connectivity index (χ2n) is 6.08. The zero-order chi connectivity index (χ0) is 16.3. The highest BCUT2D eigenvalue weighted by Gasteiger charge is 2.31. The summed E-state index contributed by atoms with van der Waals surface area (Å²) in [5.41, 5.74) is -0.768. The van der Waals surface area contributed by atoms with Gasteiger partial charge in [0.2, 0.25) is 0 Å². The van der Waals surface area contributed by atoms with Crippen LogP contribution in [0.3, 0.4) is 0 Å². The van der Waals surface area contributed by atoms with Crippen molar-refractivity contribution < 1.29 is 19.4 Å². The summed E-state index contributed by atoms with van der Waals surface area (Å²) >= 11 is 0. The molecule has 0 spiro atoms. The quantitative estimate of drug-likeness (QED) is 0.543. The van der Waals surface area contributed by atoms with Gasteiger partial charge in [0.15, 0.2) is 0 Å². The molecule has 1 unspecified atom stereocenters. The summed E-state index contributed by atoms with van der Waals surface area (Å²) in [6, 6.07) is 0. The van der Waals surface area contributed by atoms with Crippen LogP contribution in [0.25, 0.3) is 0 Å². The lowest BCUT2D eigenvalue weighted by Crippen LogP contribution is -2.46. The first-order valence-electron chi connectivity index (χ1n) is 7.96. The topological polar surface area (TPSA) is 75.6 Å². The van der Waals surface area contributed by atoms with E-state index in [1.807, 2.05) is 13.8 Å². The van der Waals surface area contributed by atoms with E-state index in [1.54, 1.807) is 0 Å². The highest BCUT2D eigenvalue weighted by molar-refractivity contribution is 5.84.